The molecule has 4 heteroatoms. The molecule has 2 aromatic rings. The smallest absolute Gasteiger partial charge is 0.287 e. The Morgan fingerprint density at radius 3 is 2.74 bits per heavy atom. The third-order valence-electron chi connectivity index (χ3n) is 3.21. The van der Waals surface area contributed by atoms with E-state index in [1.165, 1.54) is 0 Å². The quantitative estimate of drug-likeness (QED) is 0.888. The Kier molecular flexibility index (Phi) is 3.90. The molecule has 4 nitrogen and oxygen atoms in total. The molecule has 1 aromatic carbocycles. The zero-order valence-corrected chi connectivity index (χ0v) is 11.4. The molecule has 1 atom stereocenters. The lowest BCUT2D eigenvalue weighted by molar-refractivity contribution is 0.0871. The van der Waals surface area contributed by atoms with Gasteiger partial charge in [-0.25, -0.2) is 0 Å². The van der Waals surface area contributed by atoms with E-state index in [9.17, 15) is 9.90 Å². The molecule has 102 valence electrons. The molecule has 0 aliphatic heterocycles. The number of furan rings is 1. The number of aryl methyl sites for hydroxylation is 1. The lowest BCUT2D eigenvalue weighted by Gasteiger charge is -2.18. The van der Waals surface area contributed by atoms with Gasteiger partial charge in [0.2, 0.25) is 0 Å². The Hall–Kier alpha value is -1.81. The summed E-state index contributed by atoms with van der Waals surface area (Å²) >= 11 is 0. The van der Waals surface area contributed by atoms with Crippen molar-refractivity contribution in [1.29, 1.82) is 0 Å². The van der Waals surface area contributed by atoms with Crippen LogP contribution in [0.2, 0.25) is 0 Å². The van der Waals surface area contributed by atoms with Crippen molar-refractivity contribution in [2.45, 2.75) is 26.8 Å². The monoisotopic (exact) mass is 261 g/mol. The number of aliphatic hydroxyl groups excluding tert-OH is 1. The minimum Gasteiger partial charge on any atom is -0.451 e. The number of fused-ring (bicyclic) bond motifs is 1. The van der Waals surface area contributed by atoms with Crippen molar-refractivity contribution in [3.63, 3.8) is 0 Å². The van der Waals surface area contributed by atoms with Gasteiger partial charge in [-0.15, -0.1) is 0 Å². The average molecular weight is 261 g/mol. The molecular weight excluding hydrogens is 242 g/mol. The fraction of sp³-hybridized carbons (Fsp3) is 0.400. The molecular formula is C15H19NO3. The van der Waals surface area contributed by atoms with Crippen molar-refractivity contribution in [2.24, 2.45) is 5.92 Å². The summed E-state index contributed by atoms with van der Waals surface area (Å²) in [5.74, 6) is 0.155. The molecule has 0 bridgehead atoms. The molecule has 0 spiro atoms. The number of carbonyl (C=O) groups excluding carboxylic acids is 1. The summed E-state index contributed by atoms with van der Waals surface area (Å²) in [5, 5.41) is 12.9. The normalized spacial score (nSPS) is 12.9. The predicted octanol–water partition coefficient (Wildman–Crippen LogP) is 2.49. The van der Waals surface area contributed by atoms with Gasteiger partial charge in [0, 0.05) is 5.39 Å². The summed E-state index contributed by atoms with van der Waals surface area (Å²) in [7, 11) is 0. The van der Waals surface area contributed by atoms with Crippen LogP contribution >= 0.6 is 0 Å². The molecule has 0 aliphatic rings. The van der Waals surface area contributed by atoms with E-state index in [2.05, 4.69) is 5.32 Å². The highest BCUT2D eigenvalue weighted by molar-refractivity contribution is 5.96. The Bertz CT molecular complexity index is 586. The maximum Gasteiger partial charge on any atom is 0.287 e. The summed E-state index contributed by atoms with van der Waals surface area (Å²) in [4.78, 5) is 12.1. The number of aliphatic hydroxyl groups is 1. The van der Waals surface area contributed by atoms with Crippen molar-refractivity contribution >= 4 is 16.9 Å². The Balaban J connectivity index is 2.21. The number of amides is 1. The summed E-state index contributed by atoms with van der Waals surface area (Å²) in [6.07, 6.45) is 0. The van der Waals surface area contributed by atoms with E-state index in [-0.39, 0.29) is 30.2 Å². The van der Waals surface area contributed by atoms with Crippen LogP contribution in [0.4, 0.5) is 0 Å². The Morgan fingerprint density at radius 1 is 1.37 bits per heavy atom. The van der Waals surface area contributed by atoms with Gasteiger partial charge in [-0.3, -0.25) is 4.79 Å². The van der Waals surface area contributed by atoms with E-state index in [1.807, 2.05) is 39.0 Å². The zero-order chi connectivity index (χ0) is 14.0. The molecule has 19 heavy (non-hydrogen) atoms. The Morgan fingerprint density at radius 2 is 2.11 bits per heavy atom. The molecule has 2 N–H and O–H groups in total. The van der Waals surface area contributed by atoms with E-state index in [0.717, 1.165) is 10.9 Å². The molecule has 1 amide bonds. The first-order chi connectivity index (χ1) is 9.01. The third-order valence-corrected chi connectivity index (χ3v) is 3.21. The maximum absolute atomic E-state index is 12.1. The fourth-order valence-electron chi connectivity index (χ4n) is 1.94. The molecule has 0 saturated carbocycles. The molecule has 1 heterocycles. The highest BCUT2D eigenvalue weighted by Crippen LogP contribution is 2.20. The van der Waals surface area contributed by atoms with E-state index < -0.39 is 0 Å². The van der Waals surface area contributed by atoms with Gasteiger partial charge < -0.3 is 14.8 Å². The zero-order valence-electron chi connectivity index (χ0n) is 11.4. The summed E-state index contributed by atoms with van der Waals surface area (Å²) in [6.45, 7) is 5.81. The van der Waals surface area contributed by atoms with Crippen molar-refractivity contribution in [2.75, 3.05) is 6.61 Å². The van der Waals surface area contributed by atoms with E-state index in [0.29, 0.717) is 5.58 Å². The molecule has 0 saturated heterocycles. The number of carbonyl (C=O) groups is 1. The van der Waals surface area contributed by atoms with Crippen molar-refractivity contribution in [3.8, 4) is 0 Å². The predicted molar refractivity (Wildman–Crippen MR) is 74.1 cm³/mol. The second kappa shape index (κ2) is 5.45. The standard InChI is InChI=1S/C15H19NO3/c1-9(2)12(8-17)16-15(18)14-7-11-6-10(3)4-5-13(11)19-14/h4-7,9,12,17H,8H2,1-3H3,(H,16,18). The topological polar surface area (TPSA) is 62.5 Å². The van der Waals surface area contributed by atoms with Crippen molar-refractivity contribution < 1.29 is 14.3 Å². The lowest BCUT2D eigenvalue weighted by atomic mass is 10.1. The van der Waals surface area contributed by atoms with E-state index in [4.69, 9.17) is 4.42 Å². The first kappa shape index (κ1) is 13.6. The molecule has 0 fully saturated rings. The maximum atomic E-state index is 12.1. The van der Waals surface area contributed by atoms with Crippen LogP contribution in [0, 0.1) is 12.8 Å². The number of hydrogen-bond donors (Lipinski definition) is 2. The van der Waals surface area contributed by atoms with Gasteiger partial charge in [0.25, 0.3) is 5.91 Å². The van der Waals surface area contributed by atoms with Gasteiger partial charge in [0.1, 0.15) is 5.58 Å². The number of hydrogen-bond acceptors (Lipinski definition) is 3. The Labute approximate surface area is 112 Å². The van der Waals surface area contributed by atoms with Crippen molar-refractivity contribution in [1.82, 2.24) is 5.32 Å². The second-order valence-electron chi connectivity index (χ2n) is 5.16. The van der Waals surface area contributed by atoms with E-state index >= 15 is 0 Å². The average Bonchev–Trinajstić information content (AvgIpc) is 2.78. The minimum absolute atomic E-state index is 0.0806. The van der Waals surface area contributed by atoms with Gasteiger partial charge in [-0.05, 0) is 31.0 Å². The van der Waals surface area contributed by atoms with Crippen LogP contribution < -0.4 is 5.32 Å². The van der Waals surface area contributed by atoms with Crippen LogP contribution in [0.3, 0.4) is 0 Å². The van der Waals surface area contributed by atoms with Crippen LogP contribution in [-0.2, 0) is 0 Å². The first-order valence-electron chi connectivity index (χ1n) is 6.43. The van der Waals surface area contributed by atoms with Crippen molar-refractivity contribution in [3.05, 3.63) is 35.6 Å². The highest BCUT2D eigenvalue weighted by Gasteiger charge is 2.18. The molecule has 1 aromatic heterocycles. The van der Waals surface area contributed by atoms with Gasteiger partial charge in [0.05, 0.1) is 12.6 Å². The van der Waals surface area contributed by atoms with Crippen LogP contribution in [0.5, 0.6) is 0 Å². The van der Waals surface area contributed by atoms with Crippen LogP contribution in [0.25, 0.3) is 11.0 Å². The third kappa shape index (κ3) is 2.96. The largest absolute Gasteiger partial charge is 0.451 e. The van der Waals surface area contributed by atoms with Crippen LogP contribution in [-0.4, -0.2) is 23.7 Å². The van der Waals surface area contributed by atoms with Gasteiger partial charge in [0.15, 0.2) is 5.76 Å². The van der Waals surface area contributed by atoms with Gasteiger partial charge in [-0.1, -0.05) is 25.5 Å². The number of benzene rings is 1. The molecule has 2 rings (SSSR count). The van der Waals surface area contributed by atoms with Gasteiger partial charge >= 0.3 is 0 Å². The summed E-state index contributed by atoms with van der Waals surface area (Å²) < 4.78 is 5.52. The van der Waals surface area contributed by atoms with Crippen LogP contribution in [0.15, 0.2) is 28.7 Å². The SMILES string of the molecule is Cc1ccc2oc(C(=O)NC(CO)C(C)C)cc2c1. The molecule has 1 unspecified atom stereocenters. The number of nitrogens with one attached hydrogen (secondary N) is 1. The lowest BCUT2D eigenvalue weighted by Crippen LogP contribution is -2.40. The highest BCUT2D eigenvalue weighted by atomic mass is 16.3. The summed E-state index contributed by atoms with van der Waals surface area (Å²) in [5.41, 5.74) is 1.82. The van der Waals surface area contributed by atoms with E-state index in [1.54, 1.807) is 6.07 Å². The fourth-order valence-corrected chi connectivity index (χ4v) is 1.94. The van der Waals surface area contributed by atoms with Gasteiger partial charge in [-0.2, -0.15) is 0 Å². The first-order valence-corrected chi connectivity index (χ1v) is 6.43. The molecule has 0 aliphatic carbocycles. The molecule has 0 radical (unpaired) electrons. The minimum atomic E-state index is -0.290. The second-order valence-corrected chi connectivity index (χ2v) is 5.16. The van der Waals surface area contributed by atoms with Crippen LogP contribution in [0.1, 0.15) is 30.0 Å². The summed E-state index contributed by atoms with van der Waals surface area (Å²) in [6, 6.07) is 7.24. The number of rotatable bonds is 4.